The summed E-state index contributed by atoms with van der Waals surface area (Å²) in [6.45, 7) is 3.71. The van der Waals surface area contributed by atoms with E-state index in [1.54, 1.807) is 31.3 Å². The maximum Gasteiger partial charge on any atom is 0.300 e. The summed E-state index contributed by atoms with van der Waals surface area (Å²) < 4.78 is 5.83. The molecule has 31 heavy (non-hydrogen) atoms. The first kappa shape index (κ1) is 18.9. The van der Waals surface area contributed by atoms with Crippen molar-refractivity contribution in [1.82, 2.24) is 4.98 Å². The molecule has 1 amide bonds. The van der Waals surface area contributed by atoms with E-state index in [0.29, 0.717) is 22.8 Å². The van der Waals surface area contributed by atoms with Crippen molar-refractivity contribution in [1.29, 1.82) is 0 Å². The van der Waals surface area contributed by atoms with E-state index in [9.17, 15) is 14.7 Å². The normalized spacial score (nSPS) is 18.3. The van der Waals surface area contributed by atoms with Crippen LogP contribution in [0.15, 0.2) is 76.9 Å². The summed E-state index contributed by atoms with van der Waals surface area (Å²) in [5.41, 5.74) is 2.81. The van der Waals surface area contributed by atoms with E-state index in [2.05, 4.69) is 4.98 Å². The minimum absolute atomic E-state index is 0.00519. The quantitative estimate of drug-likeness (QED) is 0.282. The van der Waals surface area contributed by atoms with Gasteiger partial charge < -0.3 is 14.5 Å². The summed E-state index contributed by atoms with van der Waals surface area (Å²) in [4.78, 5) is 30.8. The van der Waals surface area contributed by atoms with Gasteiger partial charge in [0.25, 0.3) is 11.7 Å². The number of hydrogen-bond donors (Lipinski definition) is 2. The summed E-state index contributed by atoms with van der Waals surface area (Å²) in [5, 5.41) is 12.0. The van der Waals surface area contributed by atoms with E-state index in [0.717, 1.165) is 16.5 Å². The van der Waals surface area contributed by atoms with Gasteiger partial charge in [-0.1, -0.05) is 30.3 Å². The highest BCUT2D eigenvalue weighted by Gasteiger charge is 2.48. The van der Waals surface area contributed by atoms with E-state index in [-0.39, 0.29) is 11.3 Å². The molecule has 2 aromatic carbocycles. The predicted molar refractivity (Wildman–Crippen MR) is 118 cm³/mol. The zero-order valence-corrected chi connectivity index (χ0v) is 17.0. The number of hydrogen-bond acceptors (Lipinski definition) is 4. The van der Waals surface area contributed by atoms with Crippen molar-refractivity contribution in [3.05, 3.63) is 95.1 Å². The number of aryl methyl sites for hydroxylation is 2. The Morgan fingerprint density at radius 2 is 1.84 bits per heavy atom. The van der Waals surface area contributed by atoms with Crippen molar-refractivity contribution < 1.29 is 19.1 Å². The van der Waals surface area contributed by atoms with Gasteiger partial charge in [0.15, 0.2) is 0 Å². The molecule has 0 spiro atoms. The van der Waals surface area contributed by atoms with Gasteiger partial charge in [0.05, 0.1) is 5.57 Å². The minimum atomic E-state index is -0.871. The number of H-pyrrole nitrogens is 1. The zero-order valence-electron chi connectivity index (χ0n) is 17.0. The number of rotatable bonds is 3. The molecule has 1 aliphatic rings. The van der Waals surface area contributed by atoms with E-state index in [1.165, 1.54) is 4.90 Å². The van der Waals surface area contributed by atoms with Crippen LogP contribution in [0.5, 0.6) is 0 Å². The molecule has 1 unspecified atom stereocenters. The second kappa shape index (κ2) is 7.02. The lowest BCUT2D eigenvalue weighted by Gasteiger charge is -2.23. The number of carbonyl (C=O) groups excluding carboxylic acids is 2. The largest absolute Gasteiger partial charge is 0.507 e. The van der Waals surface area contributed by atoms with Crippen LogP contribution in [0.3, 0.4) is 0 Å². The molecule has 6 heteroatoms. The summed E-state index contributed by atoms with van der Waals surface area (Å²) in [7, 11) is 0. The topological polar surface area (TPSA) is 86.5 Å². The molecule has 3 heterocycles. The third-order valence-corrected chi connectivity index (χ3v) is 5.60. The molecule has 1 atom stereocenters. The molecule has 0 saturated carbocycles. The van der Waals surface area contributed by atoms with E-state index in [1.807, 2.05) is 49.4 Å². The number of amides is 1. The number of para-hydroxylation sites is 1. The number of Topliss-reactive ketones (excluding diaryl/α,β-unsaturated/α-hetero) is 1. The molecular formula is C25H20N2O4. The fraction of sp³-hybridized carbons (Fsp3) is 0.120. The van der Waals surface area contributed by atoms with Gasteiger partial charge in [0.2, 0.25) is 0 Å². The highest BCUT2D eigenvalue weighted by atomic mass is 16.3. The Morgan fingerprint density at radius 1 is 1.03 bits per heavy atom. The van der Waals surface area contributed by atoms with Crippen LogP contribution in [-0.4, -0.2) is 21.8 Å². The molecule has 1 fully saturated rings. The summed E-state index contributed by atoms with van der Waals surface area (Å²) >= 11 is 0. The van der Waals surface area contributed by atoms with Crippen LogP contribution in [0.25, 0.3) is 16.7 Å². The first-order valence-electron chi connectivity index (χ1n) is 9.96. The fourth-order valence-electron chi connectivity index (χ4n) is 4.16. The first-order valence-corrected chi connectivity index (χ1v) is 9.96. The van der Waals surface area contributed by atoms with Crippen molar-refractivity contribution in [2.24, 2.45) is 0 Å². The van der Waals surface area contributed by atoms with Gasteiger partial charge in [0.1, 0.15) is 23.3 Å². The Labute approximate surface area is 178 Å². The minimum Gasteiger partial charge on any atom is -0.507 e. The zero-order chi connectivity index (χ0) is 21.7. The van der Waals surface area contributed by atoms with Gasteiger partial charge in [0, 0.05) is 28.4 Å². The average molecular weight is 412 g/mol. The molecule has 1 saturated heterocycles. The number of aliphatic hydroxyl groups is 1. The molecule has 154 valence electrons. The summed E-state index contributed by atoms with van der Waals surface area (Å²) in [5.74, 6) is -0.615. The predicted octanol–water partition coefficient (Wildman–Crippen LogP) is 5.00. The maximum absolute atomic E-state index is 13.2. The number of furan rings is 1. The number of nitrogens with zero attached hydrogens (tertiary/aromatic N) is 1. The third kappa shape index (κ3) is 2.95. The maximum atomic E-state index is 13.2. The number of ketones is 1. The Bertz CT molecular complexity index is 1370. The van der Waals surface area contributed by atoms with Crippen LogP contribution in [-0.2, 0) is 9.59 Å². The lowest BCUT2D eigenvalue weighted by Crippen LogP contribution is -2.29. The van der Waals surface area contributed by atoms with Crippen LogP contribution in [0.2, 0.25) is 0 Å². The summed E-state index contributed by atoms with van der Waals surface area (Å²) in [6.07, 6.45) is 1.64. The van der Waals surface area contributed by atoms with Crippen LogP contribution in [0.4, 0.5) is 5.69 Å². The van der Waals surface area contributed by atoms with E-state index < -0.39 is 17.7 Å². The van der Waals surface area contributed by atoms with E-state index >= 15 is 0 Å². The van der Waals surface area contributed by atoms with Crippen LogP contribution in [0, 0.1) is 13.8 Å². The van der Waals surface area contributed by atoms with Gasteiger partial charge in [-0.3, -0.25) is 14.5 Å². The molecule has 2 aromatic heterocycles. The molecule has 6 nitrogen and oxygen atoms in total. The molecule has 0 radical (unpaired) electrons. The average Bonchev–Trinajstić information content (AvgIpc) is 3.44. The molecule has 2 N–H and O–H groups in total. The molecule has 4 aromatic rings. The van der Waals surface area contributed by atoms with Crippen LogP contribution < -0.4 is 4.90 Å². The number of aliphatic hydroxyl groups excluding tert-OH is 1. The highest BCUT2D eigenvalue weighted by molar-refractivity contribution is 6.51. The van der Waals surface area contributed by atoms with Crippen molar-refractivity contribution in [2.45, 2.75) is 19.9 Å². The van der Waals surface area contributed by atoms with Gasteiger partial charge in [-0.2, -0.15) is 0 Å². The SMILES string of the molecule is Cc1cccc(N2C(=O)C(=O)/C(=C(\O)c3c[nH]c4ccccc34)C2c2ccc(C)o2)c1. The van der Waals surface area contributed by atoms with Crippen LogP contribution >= 0.6 is 0 Å². The Kier molecular flexibility index (Phi) is 4.29. The first-order chi connectivity index (χ1) is 15.0. The number of fused-ring (bicyclic) bond motifs is 1. The van der Waals surface area contributed by atoms with Crippen molar-refractivity contribution in [3.63, 3.8) is 0 Å². The molecule has 0 aliphatic carbocycles. The second-order valence-corrected chi connectivity index (χ2v) is 7.70. The Hall–Kier alpha value is -4.06. The van der Waals surface area contributed by atoms with Gasteiger partial charge in [-0.15, -0.1) is 0 Å². The Balaban J connectivity index is 1.76. The van der Waals surface area contributed by atoms with Crippen molar-refractivity contribution in [2.75, 3.05) is 4.90 Å². The molecule has 1 aliphatic heterocycles. The van der Waals surface area contributed by atoms with Crippen LogP contribution in [0.1, 0.15) is 28.7 Å². The smallest absolute Gasteiger partial charge is 0.300 e. The third-order valence-electron chi connectivity index (χ3n) is 5.60. The number of anilines is 1. The molecule has 5 rings (SSSR count). The standard InChI is InChI=1S/C25H20N2O4/c1-14-6-5-7-16(12-14)27-22(20-11-10-15(2)31-20)21(24(29)25(27)30)23(28)18-13-26-19-9-4-3-8-17(18)19/h3-13,22,26,28H,1-2H3/b23-21-. The van der Waals surface area contributed by atoms with Gasteiger partial charge in [-0.05, 0) is 49.7 Å². The van der Waals surface area contributed by atoms with E-state index in [4.69, 9.17) is 4.42 Å². The molecule has 0 bridgehead atoms. The summed E-state index contributed by atoms with van der Waals surface area (Å²) in [6, 6.07) is 17.4. The number of nitrogens with one attached hydrogen (secondary N) is 1. The molecular weight excluding hydrogens is 392 g/mol. The number of aromatic nitrogens is 1. The van der Waals surface area contributed by atoms with Crippen molar-refractivity contribution >= 4 is 34.0 Å². The lowest BCUT2D eigenvalue weighted by molar-refractivity contribution is -0.132. The monoisotopic (exact) mass is 412 g/mol. The number of carbonyl (C=O) groups is 2. The number of benzene rings is 2. The second-order valence-electron chi connectivity index (χ2n) is 7.70. The Morgan fingerprint density at radius 3 is 2.58 bits per heavy atom. The highest BCUT2D eigenvalue weighted by Crippen LogP contribution is 2.43. The van der Waals surface area contributed by atoms with Gasteiger partial charge >= 0.3 is 0 Å². The fourth-order valence-corrected chi connectivity index (χ4v) is 4.16. The van der Waals surface area contributed by atoms with Crippen molar-refractivity contribution in [3.8, 4) is 0 Å². The lowest BCUT2D eigenvalue weighted by atomic mass is 9.99. The number of aromatic amines is 1. The van der Waals surface area contributed by atoms with Gasteiger partial charge in [-0.25, -0.2) is 0 Å².